The summed E-state index contributed by atoms with van der Waals surface area (Å²) in [5.41, 5.74) is -0.522. The molecule has 4 heteroatoms. The molecule has 3 rings (SSSR count). The molecule has 2 amide bonds. The summed E-state index contributed by atoms with van der Waals surface area (Å²) in [4.78, 5) is 25.4. The van der Waals surface area contributed by atoms with Crippen LogP contribution in [-0.4, -0.2) is 35.5 Å². The number of hydrogen-bond acceptors (Lipinski definition) is 3. The van der Waals surface area contributed by atoms with E-state index >= 15 is 0 Å². The number of nitrogens with zero attached hydrogens (tertiary/aromatic N) is 1. The third-order valence-electron chi connectivity index (χ3n) is 4.63. The highest BCUT2D eigenvalue weighted by Crippen LogP contribution is 2.40. The van der Waals surface area contributed by atoms with E-state index in [1.54, 1.807) is 0 Å². The molecule has 0 radical (unpaired) electrons. The Bertz CT molecular complexity index is 379. The van der Waals surface area contributed by atoms with Gasteiger partial charge in [0.2, 0.25) is 11.8 Å². The van der Waals surface area contributed by atoms with Crippen molar-refractivity contribution in [3.8, 4) is 0 Å². The van der Waals surface area contributed by atoms with Gasteiger partial charge in [-0.05, 0) is 25.2 Å². The Kier molecular flexibility index (Phi) is 2.73. The van der Waals surface area contributed by atoms with Crippen LogP contribution in [0.15, 0.2) is 0 Å². The molecule has 0 bridgehead atoms. The van der Waals surface area contributed by atoms with Gasteiger partial charge in [0.1, 0.15) is 0 Å². The fourth-order valence-electron chi connectivity index (χ4n) is 3.63. The monoisotopic (exact) mass is 251 g/mol. The Morgan fingerprint density at radius 2 is 2.11 bits per heavy atom. The zero-order valence-electron chi connectivity index (χ0n) is 11.1. The van der Waals surface area contributed by atoms with E-state index in [9.17, 15) is 9.59 Å². The minimum Gasteiger partial charge on any atom is -0.373 e. The normalized spacial score (nSPS) is 38.6. The largest absolute Gasteiger partial charge is 0.373 e. The molecule has 0 aromatic rings. The van der Waals surface area contributed by atoms with Crippen molar-refractivity contribution in [3.05, 3.63) is 0 Å². The summed E-state index contributed by atoms with van der Waals surface area (Å²) in [6.07, 6.45) is 5.46. The van der Waals surface area contributed by atoms with E-state index in [1.807, 2.05) is 13.8 Å². The highest BCUT2D eigenvalue weighted by molar-refractivity contribution is 6.05. The number of rotatable bonds is 2. The Labute approximate surface area is 108 Å². The van der Waals surface area contributed by atoms with Crippen LogP contribution in [0.2, 0.25) is 0 Å². The van der Waals surface area contributed by atoms with Gasteiger partial charge in [-0.3, -0.25) is 14.5 Å². The second-order valence-electron chi connectivity index (χ2n) is 6.59. The molecule has 3 unspecified atom stereocenters. The predicted octanol–water partition coefficient (Wildman–Crippen LogP) is 1.73. The molecule has 18 heavy (non-hydrogen) atoms. The summed E-state index contributed by atoms with van der Waals surface area (Å²) >= 11 is 0. The highest BCUT2D eigenvalue weighted by atomic mass is 16.5. The van der Waals surface area contributed by atoms with Crippen LogP contribution >= 0.6 is 0 Å². The third-order valence-corrected chi connectivity index (χ3v) is 4.63. The fourth-order valence-corrected chi connectivity index (χ4v) is 3.63. The van der Waals surface area contributed by atoms with Gasteiger partial charge in [-0.15, -0.1) is 0 Å². The van der Waals surface area contributed by atoms with E-state index in [0.717, 1.165) is 12.8 Å². The maximum atomic E-state index is 12.1. The van der Waals surface area contributed by atoms with Gasteiger partial charge in [-0.2, -0.15) is 0 Å². The molecular formula is C14H21NO3. The molecule has 3 aliphatic rings. The minimum absolute atomic E-state index is 0.0341. The average molecular weight is 251 g/mol. The molecule has 3 fully saturated rings. The van der Waals surface area contributed by atoms with Crippen molar-refractivity contribution in [2.24, 2.45) is 11.3 Å². The molecule has 100 valence electrons. The van der Waals surface area contributed by atoms with Crippen LogP contribution in [0.25, 0.3) is 0 Å². The number of carbonyl (C=O) groups is 2. The van der Waals surface area contributed by atoms with E-state index in [-0.39, 0.29) is 17.9 Å². The van der Waals surface area contributed by atoms with Crippen LogP contribution < -0.4 is 0 Å². The summed E-state index contributed by atoms with van der Waals surface area (Å²) in [5.74, 6) is 0.592. The lowest BCUT2D eigenvalue weighted by Gasteiger charge is -2.21. The number of hydrogen-bond donors (Lipinski definition) is 0. The maximum absolute atomic E-state index is 12.1. The number of imide groups is 1. The van der Waals surface area contributed by atoms with Gasteiger partial charge in [-0.25, -0.2) is 0 Å². The molecule has 3 atom stereocenters. The molecule has 1 saturated carbocycles. The summed E-state index contributed by atoms with van der Waals surface area (Å²) in [5, 5.41) is 0. The molecule has 4 nitrogen and oxygen atoms in total. The summed E-state index contributed by atoms with van der Waals surface area (Å²) < 4.78 is 5.97. The molecule has 0 aromatic carbocycles. The minimum atomic E-state index is -0.522. The van der Waals surface area contributed by atoms with Crippen molar-refractivity contribution < 1.29 is 14.3 Å². The summed E-state index contributed by atoms with van der Waals surface area (Å²) in [7, 11) is 0. The number of likely N-dealkylation sites (tertiary alicyclic amines) is 1. The number of carbonyl (C=O) groups excluding carboxylic acids is 2. The lowest BCUT2D eigenvalue weighted by molar-refractivity contribution is -0.143. The van der Waals surface area contributed by atoms with E-state index in [1.165, 1.54) is 17.7 Å². The first-order valence-corrected chi connectivity index (χ1v) is 6.97. The van der Waals surface area contributed by atoms with Gasteiger partial charge in [-0.1, -0.05) is 20.3 Å². The summed E-state index contributed by atoms with van der Waals surface area (Å²) in [6.45, 7) is 4.16. The SMILES string of the molecule is CC1(C)CC(=O)N(CC2CC3CCCC3O2)C1=O. The zero-order valence-corrected chi connectivity index (χ0v) is 11.1. The predicted molar refractivity (Wildman–Crippen MR) is 65.7 cm³/mol. The van der Waals surface area contributed by atoms with Crippen LogP contribution in [0.4, 0.5) is 0 Å². The first kappa shape index (κ1) is 12.2. The van der Waals surface area contributed by atoms with E-state index in [2.05, 4.69) is 0 Å². The van der Waals surface area contributed by atoms with Gasteiger partial charge in [0, 0.05) is 6.42 Å². The van der Waals surface area contributed by atoms with E-state index in [4.69, 9.17) is 4.74 Å². The molecule has 1 aliphatic carbocycles. The van der Waals surface area contributed by atoms with Crippen LogP contribution in [-0.2, 0) is 14.3 Å². The van der Waals surface area contributed by atoms with Crippen molar-refractivity contribution >= 4 is 11.8 Å². The molecular weight excluding hydrogens is 230 g/mol. The van der Waals surface area contributed by atoms with Crippen molar-refractivity contribution in [2.45, 2.75) is 58.2 Å². The second-order valence-corrected chi connectivity index (χ2v) is 6.59. The molecule has 2 aliphatic heterocycles. The van der Waals surface area contributed by atoms with Crippen molar-refractivity contribution in [2.75, 3.05) is 6.54 Å². The van der Waals surface area contributed by atoms with Gasteiger partial charge in [0.05, 0.1) is 24.2 Å². The fraction of sp³-hybridized carbons (Fsp3) is 0.857. The van der Waals surface area contributed by atoms with E-state index in [0.29, 0.717) is 25.0 Å². The van der Waals surface area contributed by atoms with Gasteiger partial charge >= 0.3 is 0 Å². The Balaban J connectivity index is 1.64. The van der Waals surface area contributed by atoms with Crippen LogP contribution in [0.5, 0.6) is 0 Å². The average Bonchev–Trinajstić information content (AvgIpc) is 2.87. The van der Waals surface area contributed by atoms with Crippen molar-refractivity contribution in [1.29, 1.82) is 0 Å². The Hall–Kier alpha value is -0.900. The van der Waals surface area contributed by atoms with Crippen molar-refractivity contribution in [1.82, 2.24) is 4.90 Å². The van der Waals surface area contributed by atoms with Crippen molar-refractivity contribution in [3.63, 3.8) is 0 Å². The number of fused-ring (bicyclic) bond motifs is 1. The summed E-state index contributed by atoms with van der Waals surface area (Å²) in [6, 6.07) is 0. The van der Waals surface area contributed by atoms with Gasteiger partial charge in [0.25, 0.3) is 0 Å². The number of amides is 2. The highest BCUT2D eigenvalue weighted by Gasteiger charge is 2.47. The van der Waals surface area contributed by atoms with Crippen LogP contribution in [0.3, 0.4) is 0 Å². The molecule has 0 N–H and O–H groups in total. The molecule has 0 spiro atoms. The number of ether oxygens (including phenoxy) is 1. The van der Waals surface area contributed by atoms with Gasteiger partial charge < -0.3 is 4.74 Å². The smallest absolute Gasteiger partial charge is 0.235 e. The maximum Gasteiger partial charge on any atom is 0.235 e. The lowest BCUT2D eigenvalue weighted by atomic mass is 9.92. The van der Waals surface area contributed by atoms with Crippen LogP contribution in [0.1, 0.15) is 46.0 Å². The second kappa shape index (κ2) is 4.05. The standard InChI is InChI=1S/C14H21NO3/c1-14(2)7-12(16)15(13(14)17)8-10-6-9-4-3-5-11(9)18-10/h9-11H,3-8H2,1-2H3. The first-order valence-electron chi connectivity index (χ1n) is 6.97. The lowest BCUT2D eigenvalue weighted by Crippen LogP contribution is -2.39. The van der Waals surface area contributed by atoms with Gasteiger partial charge in [0.15, 0.2) is 0 Å². The molecule has 2 saturated heterocycles. The topological polar surface area (TPSA) is 46.6 Å². The molecule has 0 aromatic heterocycles. The van der Waals surface area contributed by atoms with E-state index < -0.39 is 5.41 Å². The molecule has 2 heterocycles. The quantitative estimate of drug-likeness (QED) is 0.702. The Morgan fingerprint density at radius 3 is 2.72 bits per heavy atom. The Morgan fingerprint density at radius 1 is 1.33 bits per heavy atom. The zero-order chi connectivity index (χ0) is 12.9. The van der Waals surface area contributed by atoms with Crippen LogP contribution in [0, 0.1) is 11.3 Å². The first-order chi connectivity index (χ1) is 8.47. The third kappa shape index (κ3) is 1.87.